The average Bonchev–Trinajstić information content (AvgIpc) is 2.50. The van der Waals surface area contributed by atoms with Crippen molar-refractivity contribution in [2.24, 2.45) is 11.3 Å². The van der Waals surface area contributed by atoms with E-state index in [0.29, 0.717) is 22.3 Å². The molecule has 1 saturated carbocycles. The van der Waals surface area contributed by atoms with Gasteiger partial charge in [-0.1, -0.05) is 38.5 Å². The van der Waals surface area contributed by atoms with Crippen LogP contribution in [0.25, 0.3) is 10.8 Å². The van der Waals surface area contributed by atoms with Crippen molar-refractivity contribution in [2.45, 2.75) is 39.5 Å². The molecule has 0 spiro atoms. The molecule has 122 valence electrons. The number of carbonyl (C=O) groups is 1. The lowest BCUT2D eigenvalue weighted by molar-refractivity contribution is 0.0782. The lowest BCUT2D eigenvalue weighted by Crippen LogP contribution is -2.43. The van der Waals surface area contributed by atoms with Crippen molar-refractivity contribution in [1.82, 2.24) is 10.3 Å². The van der Waals surface area contributed by atoms with Crippen molar-refractivity contribution in [1.29, 1.82) is 0 Å². The fourth-order valence-corrected chi connectivity index (χ4v) is 3.76. The van der Waals surface area contributed by atoms with Crippen molar-refractivity contribution in [3.8, 4) is 0 Å². The molecule has 23 heavy (non-hydrogen) atoms. The van der Waals surface area contributed by atoms with Gasteiger partial charge in [0, 0.05) is 23.5 Å². The highest BCUT2D eigenvalue weighted by atomic mass is 16.1. The monoisotopic (exact) mass is 312 g/mol. The first-order valence-corrected chi connectivity index (χ1v) is 8.39. The smallest absolute Gasteiger partial charge is 0.255 e. The Hall–Kier alpha value is -2.10. The van der Waals surface area contributed by atoms with Crippen molar-refractivity contribution < 1.29 is 4.79 Å². The zero-order valence-corrected chi connectivity index (χ0v) is 13.8. The number of aromatic amines is 1. The van der Waals surface area contributed by atoms with E-state index in [1.807, 2.05) is 18.2 Å². The number of carbonyl (C=O) groups excluding carboxylic acids is 1. The Kier molecular flexibility index (Phi) is 4.24. The molecule has 0 radical (unpaired) electrons. The lowest BCUT2D eigenvalue weighted by atomic mass is 9.64. The maximum atomic E-state index is 12.6. The quantitative estimate of drug-likeness (QED) is 0.888. The van der Waals surface area contributed by atoms with Gasteiger partial charge in [0.1, 0.15) is 0 Å². The van der Waals surface area contributed by atoms with Gasteiger partial charge in [0.15, 0.2) is 0 Å². The molecule has 1 aromatic carbocycles. The van der Waals surface area contributed by atoms with Gasteiger partial charge in [-0.2, -0.15) is 0 Å². The number of nitrogens with one attached hydrogen (secondary N) is 2. The minimum Gasteiger partial charge on any atom is -0.351 e. The van der Waals surface area contributed by atoms with Crippen LogP contribution in [-0.4, -0.2) is 17.4 Å². The zero-order valence-electron chi connectivity index (χ0n) is 13.8. The molecule has 1 amide bonds. The van der Waals surface area contributed by atoms with Gasteiger partial charge in [-0.15, -0.1) is 0 Å². The highest BCUT2D eigenvalue weighted by Gasteiger charge is 2.37. The van der Waals surface area contributed by atoms with Crippen LogP contribution in [0.1, 0.15) is 49.9 Å². The van der Waals surface area contributed by atoms with E-state index in [1.165, 1.54) is 25.5 Å². The van der Waals surface area contributed by atoms with E-state index in [1.54, 1.807) is 6.07 Å². The number of amides is 1. The molecular formula is C19H24N2O2. The van der Waals surface area contributed by atoms with Crippen LogP contribution < -0.4 is 10.9 Å². The molecule has 0 unspecified atom stereocenters. The first kappa shape index (κ1) is 15.8. The predicted octanol–water partition coefficient (Wildman–Crippen LogP) is 3.47. The summed E-state index contributed by atoms with van der Waals surface area (Å²) in [5, 5.41) is 4.36. The van der Waals surface area contributed by atoms with Crippen LogP contribution in [0.3, 0.4) is 0 Å². The van der Waals surface area contributed by atoms with Gasteiger partial charge >= 0.3 is 0 Å². The van der Waals surface area contributed by atoms with Crippen molar-refractivity contribution in [3.05, 3.63) is 46.4 Å². The number of hydrogen-bond donors (Lipinski definition) is 2. The molecule has 4 heteroatoms. The summed E-state index contributed by atoms with van der Waals surface area (Å²) >= 11 is 0. The summed E-state index contributed by atoms with van der Waals surface area (Å²) in [7, 11) is 0. The van der Waals surface area contributed by atoms with E-state index in [2.05, 4.69) is 24.1 Å². The molecule has 1 heterocycles. The van der Waals surface area contributed by atoms with Crippen molar-refractivity contribution >= 4 is 16.7 Å². The first-order chi connectivity index (χ1) is 11.0. The SMILES string of the molecule is CC(C)CC1(CNC(=O)c2c[nH]c(=O)c3ccccc23)CCC1. The van der Waals surface area contributed by atoms with Crippen LogP contribution in [0.15, 0.2) is 35.3 Å². The second-order valence-electron chi connectivity index (χ2n) is 7.21. The molecule has 0 saturated heterocycles. The minimum atomic E-state index is -0.160. The van der Waals surface area contributed by atoms with Crippen LogP contribution >= 0.6 is 0 Å². The normalized spacial score (nSPS) is 16.3. The van der Waals surface area contributed by atoms with E-state index in [4.69, 9.17) is 0 Å². The molecule has 1 aliphatic rings. The van der Waals surface area contributed by atoms with Crippen LogP contribution in [0.5, 0.6) is 0 Å². The Labute approximate surface area is 136 Å². The molecule has 0 bridgehead atoms. The van der Waals surface area contributed by atoms with Gasteiger partial charge in [0.2, 0.25) is 0 Å². The van der Waals surface area contributed by atoms with E-state index in [0.717, 1.165) is 13.0 Å². The van der Waals surface area contributed by atoms with Gasteiger partial charge in [-0.3, -0.25) is 9.59 Å². The number of fused-ring (bicyclic) bond motifs is 1. The first-order valence-electron chi connectivity index (χ1n) is 8.39. The van der Waals surface area contributed by atoms with E-state index < -0.39 is 0 Å². The summed E-state index contributed by atoms with van der Waals surface area (Å²) in [6.45, 7) is 5.19. The van der Waals surface area contributed by atoms with Crippen molar-refractivity contribution in [3.63, 3.8) is 0 Å². The Morgan fingerprint density at radius 3 is 2.57 bits per heavy atom. The van der Waals surface area contributed by atoms with Gasteiger partial charge in [0.25, 0.3) is 11.5 Å². The zero-order chi connectivity index (χ0) is 16.4. The molecule has 0 aliphatic heterocycles. The molecule has 1 fully saturated rings. The van der Waals surface area contributed by atoms with Crippen LogP contribution in [0, 0.1) is 11.3 Å². The summed E-state index contributed by atoms with van der Waals surface area (Å²) in [4.78, 5) is 27.1. The largest absolute Gasteiger partial charge is 0.351 e. The summed E-state index contributed by atoms with van der Waals surface area (Å²) in [6, 6.07) is 7.24. The highest BCUT2D eigenvalue weighted by molar-refractivity contribution is 6.06. The molecule has 0 atom stereocenters. The Morgan fingerprint density at radius 1 is 1.26 bits per heavy atom. The summed E-state index contributed by atoms with van der Waals surface area (Å²) in [5.41, 5.74) is 0.647. The van der Waals surface area contributed by atoms with E-state index in [-0.39, 0.29) is 16.9 Å². The second kappa shape index (κ2) is 6.19. The molecule has 2 N–H and O–H groups in total. The predicted molar refractivity (Wildman–Crippen MR) is 92.6 cm³/mol. The Morgan fingerprint density at radius 2 is 1.96 bits per heavy atom. The van der Waals surface area contributed by atoms with Crippen LogP contribution in [-0.2, 0) is 0 Å². The molecule has 4 nitrogen and oxygen atoms in total. The maximum absolute atomic E-state index is 12.6. The lowest BCUT2D eigenvalue weighted by Gasteiger charge is -2.43. The average molecular weight is 312 g/mol. The molecule has 2 aromatic rings. The highest BCUT2D eigenvalue weighted by Crippen LogP contribution is 2.45. The topological polar surface area (TPSA) is 62.0 Å². The Balaban J connectivity index is 1.79. The molecule has 3 rings (SSSR count). The summed E-state index contributed by atoms with van der Waals surface area (Å²) in [5.74, 6) is 0.536. The van der Waals surface area contributed by atoms with Gasteiger partial charge in [0.05, 0.1) is 5.56 Å². The van der Waals surface area contributed by atoms with E-state index in [9.17, 15) is 9.59 Å². The second-order valence-corrected chi connectivity index (χ2v) is 7.21. The third-order valence-corrected chi connectivity index (χ3v) is 4.93. The van der Waals surface area contributed by atoms with Crippen LogP contribution in [0.4, 0.5) is 0 Å². The third kappa shape index (κ3) is 3.16. The van der Waals surface area contributed by atoms with Gasteiger partial charge < -0.3 is 10.3 Å². The number of benzene rings is 1. The van der Waals surface area contributed by atoms with Crippen molar-refractivity contribution in [2.75, 3.05) is 6.54 Å². The maximum Gasteiger partial charge on any atom is 0.255 e. The van der Waals surface area contributed by atoms with E-state index >= 15 is 0 Å². The van der Waals surface area contributed by atoms with Gasteiger partial charge in [-0.25, -0.2) is 0 Å². The fourth-order valence-electron chi connectivity index (χ4n) is 3.76. The van der Waals surface area contributed by atoms with Crippen LogP contribution in [0.2, 0.25) is 0 Å². The molecule has 1 aliphatic carbocycles. The minimum absolute atomic E-state index is 0.104. The molecule has 1 aromatic heterocycles. The third-order valence-electron chi connectivity index (χ3n) is 4.93. The summed E-state index contributed by atoms with van der Waals surface area (Å²) < 4.78 is 0. The Bertz CT molecular complexity index is 772. The standard InChI is InChI=1S/C19H24N2O2/c1-13(2)10-19(8-5-9-19)12-21-18(23)16-11-20-17(22)15-7-4-3-6-14(15)16/h3-4,6-7,11,13H,5,8-10,12H2,1-2H3,(H,20,22)(H,21,23). The fraction of sp³-hybridized carbons (Fsp3) is 0.474. The summed E-state index contributed by atoms with van der Waals surface area (Å²) in [6.07, 6.45) is 6.31. The number of hydrogen-bond acceptors (Lipinski definition) is 2. The van der Waals surface area contributed by atoms with Gasteiger partial charge in [-0.05, 0) is 36.7 Å². The molecular weight excluding hydrogens is 288 g/mol. The number of H-pyrrole nitrogens is 1. The number of aromatic nitrogens is 1. The number of rotatable bonds is 5. The number of pyridine rings is 1.